The van der Waals surface area contributed by atoms with Crippen molar-refractivity contribution in [3.8, 4) is 5.75 Å². The number of benzene rings is 1. The van der Waals surface area contributed by atoms with E-state index in [1.54, 1.807) is 0 Å². The third-order valence-corrected chi connectivity index (χ3v) is 4.62. The van der Waals surface area contributed by atoms with E-state index in [1.165, 1.54) is 12.8 Å². The van der Waals surface area contributed by atoms with Crippen LogP contribution in [0.25, 0.3) is 0 Å². The Kier molecular flexibility index (Phi) is 5.39. The molecular formula is C18H27N3O2. The zero-order valence-corrected chi connectivity index (χ0v) is 14.0. The second-order valence-electron chi connectivity index (χ2n) is 6.37. The average Bonchev–Trinajstić information content (AvgIpc) is 3.22. The van der Waals surface area contributed by atoms with Crippen LogP contribution < -0.4 is 10.1 Å². The highest BCUT2D eigenvalue weighted by Gasteiger charge is 2.42. The van der Waals surface area contributed by atoms with Crippen LogP contribution in [0, 0.1) is 5.41 Å². The molecule has 1 N–H and O–H groups in total. The van der Waals surface area contributed by atoms with Gasteiger partial charge in [0.15, 0.2) is 5.96 Å². The fourth-order valence-corrected chi connectivity index (χ4v) is 3.34. The minimum Gasteiger partial charge on any atom is -0.492 e. The second kappa shape index (κ2) is 7.68. The standard InChI is InChI=1S/C18H27N3O2/c1-2-19-17(20-10-13-23-16-6-4-3-5-7-16)21-11-8-18(14-21)9-12-22-15-18/h3-7H,2,8-15H2,1H3,(H,19,20). The minimum absolute atomic E-state index is 0.358. The van der Waals surface area contributed by atoms with E-state index in [1.807, 2.05) is 30.3 Å². The third-order valence-electron chi connectivity index (χ3n) is 4.62. The Morgan fingerprint density at radius 2 is 2.22 bits per heavy atom. The lowest BCUT2D eigenvalue weighted by molar-refractivity contribution is 0.156. The molecule has 2 saturated heterocycles. The summed E-state index contributed by atoms with van der Waals surface area (Å²) in [5.41, 5.74) is 0.358. The lowest BCUT2D eigenvalue weighted by Crippen LogP contribution is -2.41. The van der Waals surface area contributed by atoms with E-state index in [0.29, 0.717) is 18.6 Å². The van der Waals surface area contributed by atoms with Gasteiger partial charge < -0.3 is 19.7 Å². The summed E-state index contributed by atoms with van der Waals surface area (Å²) in [4.78, 5) is 7.11. The van der Waals surface area contributed by atoms with Gasteiger partial charge in [-0.3, -0.25) is 0 Å². The van der Waals surface area contributed by atoms with Crippen LogP contribution in [0.3, 0.4) is 0 Å². The van der Waals surface area contributed by atoms with Gasteiger partial charge in [0.25, 0.3) is 0 Å². The van der Waals surface area contributed by atoms with Gasteiger partial charge in [0, 0.05) is 31.7 Å². The average molecular weight is 317 g/mol. The summed E-state index contributed by atoms with van der Waals surface area (Å²) in [7, 11) is 0. The number of nitrogens with zero attached hydrogens (tertiary/aromatic N) is 2. The molecule has 2 aliphatic heterocycles. The minimum atomic E-state index is 0.358. The summed E-state index contributed by atoms with van der Waals surface area (Å²) >= 11 is 0. The number of hydrogen-bond acceptors (Lipinski definition) is 3. The Morgan fingerprint density at radius 3 is 2.96 bits per heavy atom. The number of hydrogen-bond donors (Lipinski definition) is 1. The number of rotatable bonds is 5. The molecule has 0 bridgehead atoms. The van der Waals surface area contributed by atoms with Crippen LogP contribution in [-0.4, -0.2) is 56.9 Å². The van der Waals surface area contributed by atoms with Gasteiger partial charge in [0.1, 0.15) is 12.4 Å². The predicted molar refractivity (Wildman–Crippen MR) is 92.0 cm³/mol. The first kappa shape index (κ1) is 16.1. The highest BCUT2D eigenvalue weighted by Crippen LogP contribution is 2.38. The van der Waals surface area contributed by atoms with Crippen LogP contribution >= 0.6 is 0 Å². The molecular weight excluding hydrogens is 290 g/mol. The Bertz CT molecular complexity index is 512. The maximum Gasteiger partial charge on any atom is 0.194 e. The molecule has 23 heavy (non-hydrogen) atoms. The van der Waals surface area contributed by atoms with Gasteiger partial charge in [-0.2, -0.15) is 0 Å². The van der Waals surface area contributed by atoms with Gasteiger partial charge in [0.05, 0.1) is 13.2 Å². The summed E-state index contributed by atoms with van der Waals surface area (Å²) in [6.45, 7) is 8.19. The second-order valence-corrected chi connectivity index (χ2v) is 6.37. The summed E-state index contributed by atoms with van der Waals surface area (Å²) in [5.74, 6) is 1.91. The van der Waals surface area contributed by atoms with Crippen LogP contribution in [0.1, 0.15) is 19.8 Å². The Hall–Kier alpha value is -1.75. The molecule has 5 nitrogen and oxygen atoms in total. The molecule has 0 radical (unpaired) electrons. The van der Waals surface area contributed by atoms with Crippen LogP contribution in [0.15, 0.2) is 35.3 Å². The van der Waals surface area contributed by atoms with Gasteiger partial charge in [-0.25, -0.2) is 4.99 Å². The molecule has 5 heteroatoms. The topological polar surface area (TPSA) is 46.1 Å². The number of likely N-dealkylation sites (tertiary alicyclic amines) is 1. The first-order valence-electron chi connectivity index (χ1n) is 8.60. The van der Waals surface area contributed by atoms with Gasteiger partial charge in [-0.15, -0.1) is 0 Å². The van der Waals surface area contributed by atoms with Crippen LogP contribution in [-0.2, 0) is 4.74 Å². The molecule has 0 aliphatic carbocycles. The van der Waals surface area contributed by atoms with E-state index < -0.39 is 0 Å². The molecule has 2 heterocycles. The number of aliphatic imine (C=N–C) groups is 1. The van der Waals surface area contributed by atoms with Gasteiger partial charge in [-0.05, 0) is 31.9 Å². The van der Waals surface area contributed by atoms with E-state index in [0.717, 1.165) is 44.6 Å². The lowest BCUT2D eigenvalue weighted by Gasteiger charge is -2.25. The molecule has 1 atom stereocenters. The van der Waals surface area contributed by atoms with Crippen molar-refractivity contribution in [2.75, 3.05) is 46.0 Å². The van der Waals surface area contributed by atoms with Crippen LogP contribution in [0.5, 0.6) is 5.75 Å². The summed E-state index contributed by atoms with van der Waals surface area (Å²) < 4.78 is 11.3. The highest BCUT2D eigenvalue weighted by atomic mass is 16.5. The normalized spacial score (nSPS) is 24.4. The van der Waals surface area contributed by atoms with Crippen molar-refractivity contribution < 1.29 is 9.47 Å². The smallest absolute Gasteiger partial charge is 0.194 e. The summed E-state index contributed by atoms with van der Waals surface area (Å²) in [5, 5.41) is 3.41. The largest absolute Gasteiger partial charge is 0.492 e. The summed E-state index contributed by atoms with van der Waals surface area (Å²) in [6, 6.07) is 9.90. The first-order valence-corrected chi connectivity index (χ1v) is 8.60. The zero-order chi connectivity index (χ0) is 16.0. The number of nitrogens with one attached hydrogen (secondary N) is 1. The highest BCUT2D eigenvalue weighted by molar-refractivity contribution is 5.80. The van der Waals surface area contributed by atoms with Crippen molar-refractivity contribution in [1.82, 2.24) is 10.2 Å². The predicted octanol–water partition coefficient (Wildman–Crippen LogP) is 2.14. The Morgan fingerprint density at radius 1 is 1.35 bits per heavy atom. The maximum absolute atomic E-state index is 5.72. The van der Waals surface area contributed by atoms with E-state index in [-0.39, 0.29) is 0 Å². The molecule has 0 amide bonds. The molecule has 3 rings (SSSR count). The van der Waals surface area contributed by atoms with Crippen LogP contribution in [0.4, 0.5) is 0 Å². The van der Waals surface area contributed by atoms with Crippen molar-refractivity contribution in [1.29, 1.82) is 0 Å². The van der Waals surface area contributed by atoms with Crippen molar-refractivity contribution in [2.45, 2.75) is 19.8 Å². The fraction of sp³-hybridized carbons (Fsp3) is 0.611. The molecule has 1 unspecified atom stereocenters. The molecule has 126 valence electrons. The van der Waals surface area contributed by atoms with Crippen molar-refractivity contribution in [2.24, 2.45) is 10.4 Å². The quantitative estimate of drug-likeness (QED) is 0.513. The van der Waals surface area contributed by atoms with Gasteiger partial charge >= 0.3 is 0 Å². The zero-order valence-electron chi connectivity index (χ0n) is 14.0. The monoisotopic (exact) mass is 317 g/mol. The van der Waals surface area contributed by atoms with Crippen LogP contribution in [0.2, 0.25) is 0 Å². The molecule has 1 aromatic carbocycles. The van der Waals surface area contributed by atoms with Crippen molar-refractivity contribution >= 4 is 5.96 Å². The van der Waals surface area contributed by atoms with Gasteiger partial charge in [-0.1, -0.05) is 18.2 Å². The Labute approximate surface area is 138 Å². The van der Waals surface area contributed by atoms with E-state index >= 15 is 0 Å². The number of guanidine groups is 1. The van der Waals surface area contributed by atoms with Crippen molar-refractivity contribution in [3.63, 3.8) is 0 Å². The fourth-order valence-electron chi connectivity index (χ4n) is 3.34. The molecule has 0 aromatic heterocycles. The molecule has 1 spiro atoms. The SMILES string of the molecule is CCNC(=NCCOc1ccccc1)N1CCC2(CCOC2)C1. The lowest BCUT2D eigenvalue weighted by atomic mass is 9.87. The van der Waals surface area contributed by atoms with E-state index in [4.69, 9.17) is 14.5 Å². The third kappa shape index (κ3) is 4.16. The Balaban J connectivity index is 1.51. The molecule has 0 saturated carbocycles. The van der Waals surface area contributed by atoms with E-state index in [2.05, 4.69) is 17.1 Å². The molecule has 2 aliphatic rings. The van der Waals surface area contributed by atoms with E-state index in [9.17, 15) is 0 Å². The molecule has 1 aromatic rings. The maximum atomic E-state index is 5.72. The first-order chi connectivity index (χ1) is 11.3. The van der Waals surface area contributed by atoms with Crippen molar-refractivity contribution in [3.05, 3.63) is 30.3 Å². The number of ether oxygens (including phenoxy) is 2. The number of para-hydroxylation sites is 1. The molecule has 2 fully saturated rings. The van der Waals surface area contributed by atoms with Gasteiger partial charge in [0.2, 0.25) is 0 Å². The summed E-state index contributed by atoms with van der Waals surface area (Å²) in [6.07, 6.45) is 2.39.